The molecule has 0 aliphatic heterocycles. The molecule has 1 N–H and O–H groups in total. The van der Waals surface area contributed by atoms with Crippen LogP contribution in [0.3, 0.4) is 0 Å². The van der Waals surface area contributed by atoms with Gasteiger partial charge in [-0.1, -0.05) is 18.5 Å². The summed E-state index contributed by atoms with van der Waals surface area (Å²) < 4.78 is 10.3. The van der Waals surface area contributed by atoms with Crippen LogP contribution in [0.1, 0.15) is 26.7 Å². The van der Waals surface area contributed by atoms with E-state index in [0.29, 0.717) is 23.8 Å². The van der Waals surface area contributed by atoms with Crippen molar-refractivity contribution in [1.82, 2.24) is 4.90 Å². The topological polar surface area (TPSA) is 76.1 Å². The number of nitrogens with zero attached hydrogens (tertiary/aromatic N) is 1. The fourth-order valence-electron chi connectivity index (χ4n) is 2.16. The van der Waals surface area contributed by atoms with Crippen LogP contribution in [0.2, 0.25) is 5.02 Å². The molecule has 0 heterocycles. The van der Waals surface area contributed by atoms with Gasteiger partial charge in [-0.25, -0.2) is 0 Å². The number of benzene rings is 1. The monoisotopic (exact) mass is 357 g/mol. The van der Waals surface area contributed by atoms with Crippen LogP contribution in [0.25, 0.3) is 0 Å². The second-order valence-corrected chi connectivity index (χ2v) is 5.57. The second-order valence-electron chi connectivity index (χ2n) is 5.13. The minimum atomic E-state index is -0.373. The predicted molar refractivity (Wildman–Crippen MR) is 91.1 cm³/mol. The number of aliphatic hydroxyl groups is 1. The number of rotatable bonds is 10. The number of hydrogen-bond acceptors (Lipinski definition) is 5. The van der Waals surface area contributed by atoms with Crippen LogP contribution in [-0.4, -0.2) is 54.3 Å². The van der Waals surface area contributed by atoms with E-state index in [-0.39, 0.29) is 44.1 Å². The van der Waals surface area contributed by atoms with Crippen molar-refractivity contribution in [2.45, 2.75) is 32.7 Å². The molecular formula is C17H24ClNO5. The lowest BCUT2D eigenvalue weighted by atomic mass is 10.2. The van der Waals surface area contributed by atoms with Crippen LogP contribution in [0.15, 0.2) is 24.3 Å². The molecule has 0 bridgehead atoms. The maximum atomic E-state index is 12.4. The molecule has 1 rings (SSSR count). The Kier molecular flexibility index (Phi) is 9.19. The van der Waals surface area contributed by atoms with Crippen molar-refractivity contribution in [3.8, 4) is 5.75 Å². The van der Waals surface area contributed by atoms with Crippen LogP contribution < -0.4 is 4.74 Å². The van der Waals surface area contributed by atoms with Gasteiger partial charge in [-0.3, -0.25) is 9.59 Å². The number of halogens is 1. The molecule has 0 aromatic heterocycles. The van der Waals surface area contributed by atoms with E-state index >= 15 is 0 Å². The van der Waals surface area contributed by atoms with Gasteiger partial charge in [0.2, 0.25) is 0 Å². The number of hydrogen-bond donors (Lipinski definition) is 1. The minimum absolute atomic E-state index is 0.0804. The molecule has 6 nitrogen and oxygen atoms in total. The molecule has 24 heavy (non-hydrogen) atoms. The van der Waals surface area contributed by atoms with Crippen molar-refractivity contribution in [2.75, 3.05) is 26.4 Å². The third-order valence-electron chi connectivity index (χ3n) is 3.48. The summed E-state index contributed by atoms with van der Waals surface area (Å²) in [4.78, 5) is 25.4. The average Bonchev–Trinajstić information content (AvgIpc) is 2.58. The van der Waals surface area contributed by atoms with Gasteiger partial charge in [0.25, 0.3) is 5.91 Å². The van der Waals surface area contributed by atoms with Gasteiger partial charge in [0.15, 0.2) is 6.61 Å². The van der Waals surface area contributed by atoms with Gasteiger partial charge in [0.1, 0.15) is 5.75 Å². The Labute approximate surface area is 147 Å². The molecule has 0 saturated heterocycles. The van der Waals surface area contributed by atoms with Crippen molar-refractivity contribution >= 4 is 23.5 Å². The number of ether oxygens (including phenoxy) is 2. The second kappa shape index (κ2) is 10.9. The molecule has 1 atom stereocenters. The normalized spacial score (nSPS) is 11.7. The van der Waals surface area contributed by atoms with E-state index in [4.69, 9.17) is 21.1 Å². The molecule has 1 amide bonds. The van der Waals surface area contributed by atoms with E-state index in [1.165, 1.54) is 4.90 Å². The summed E-state index contributed by atoms with van der Waals surface area (Å²) in [6, 6.07) is 6.31. The smallest absolute Gasteiger partial charge is 0.307 e. The number of aliphatic hydroxyl groups excluding tert-OH is 1. The van der Waals surface area contributed by atoms with E-state index in [1.54, 1.807) is 31.2 Å². The molecule has 134 valence electrons. The Bertz CT molecular complexity index is 516. The summed E-state index contributed by atoms with van der Waals surface area (Å²) in [6.45, 7) is 3.71. The lowest BCUT2D eigenvalue weighted by Crippen LogP contribution is -2.45. The predicted octanol–water partition coefficient (Wildman–Crippen LogP) is 2.27. The third-order valence-corrected chi connectivity index (χ3v) is 3.73. The SMILES string of the molecule is CCOC(=O)CCN(C(=O)COc1ccc(Cl)cc1)C(CC)CO. The molecular weight excluding hydrogens is 334 g/mol. The Hall–Kier alpha value is -1.79. The highest BCUT2D eigenvalue weighted by molar-refractivity contribution is 6.30. The first-order valence-corrected chi connectivity index (χ1v) is 8.33. The number of amides is 1. The van der Waals surface area contributed by atoms with E-state index in [2.05, 4.69) is 0 Å². The first kappa shape index (κ1) is 20.3. The lowest BCUT2D eigenvalue weighted by Gasteiger charge is -2.29. The summed E-state index contributed by atoms with van der Waals surface area (Å²) >= 11 is 5.80. The highest BCUT2D eigenvalue weighted by atomic mass is 35.5. The van der Waals surface area contributed by atoms with Gasteiger partial charge in [0.05, 0.1) is 25.7 Å². The Morgan fingerprint density at radius 2 is 1.92 bits per heavy atom. The highest BCUT2D eigenvalue weighted by Gasteiger charge is 2.23. The van der Waals surface area contributed by atoms with E-state index in [9.17, 15) is 14.7 Å². The molecule has 1 unspecified atom stereocenters. The van der Waals surface area contributed by atoms with Crippen molar-refractivity contribution < 1.29 is 24.2 Å². The molecule has 7 heteroatoms. The molecule has 0 radical (unpaired) electrons. The summed E-state index contributed by atoms with van der Waals surface area (Å²) in [5.74, 6) is -0.146. The van der Waals surface area contributed by atoms with Crippen LogP contribution in [0.5, 0.6) is 5.75 Å². The Morgan fingerprint density at radius 3 is 2.46 bits per heavy atom. The Morgan fingerprint density at radius 1 is 1.25 bits per heavy atom. The van der Waals surface area contributed by atoms with Crippen LogP contribution in [0, 0.1) is 0 Å². The fourth-order valence-corrected chi connectivity index (χ4v) is 2.29. The molecule has 0 aliphatic carbocycles. The minimum Gasteiger partial charge on any atom is -0.484 e. The lowest BCUT2D eigenvalue weighted by molar-refractivity contribution is -0.145. The quantitative estimate of drug-likeness (QED) is 0.650. The van der Waals surface area contributed by atoms with Crippen molar-refractivity contribution in [1.29, 1.82) is 0 Å². The number of carbonyl (C=O) groups excluding carboxylic acids is 2. The molecule has 1 aromatic carbocycles. The van der Waals surface area contributed by atoms with E-state index in [1.807, 2.05) is 6.92 Å². The zero-order chi connectivity index (χ0) is 17.9. The summed E-state index contributed by atoms with van der Waals surface area (Å²) in [6.07, 6.45) is 0.656. The Balaban J connectivity index is 2.64. The molecule has 0 fully saturated rings. The van der Waals surface area contributed by atoms with Gasteiger partial charge in [-0.2, -0.15) is 0 Å². The van der Waals surface area contributed by atoms with Crippen LogP contribution in [0.4, 0.5) is 0 Å². The van der Waals surface area contributed by atoms with E-state index < -0.39 is 0 Å². The van der Waals surface area contributed by atoms with Crippen molar-refractivity contribution in [3.63, 3.8) is 0 Å². The van der Waals surface area contributed by atoms with Gasteiger partial charge in [0, 0.05) is 11.6 Å². The molecule has 0 spiro atoms. The van der Waals surface area contributed by atoms with Gasteiger partial charge in [-0.15, -0.1) is 0 Å². The first-order chi connectivity index (χ1) is 11.5. The highest BCUT2D eigenvalue weighted by Crippen LogP contribution is 2.16. The van der Waals surface area contributed by atoms with Crippen molar-refractivity contribution in [2.24, 2.45) is 0 Å². The van der Waals surface area contributed by atoms with Gasteiger partial charge < -0.3 is 19.5 Å². The fraction of sp³-hybridized carbons (Fsp3) is 0.529. The number of carbonyl (C=O) groups is 2. The largest absolute Gasteiger partial charge is 0.484 e. The van der Waals surface area contributed by atoms with Gasteiger partial charge in [-0.05, 0) is 37.6 Å². The van der Waals surface area contributed by atoms with Gasteiger partial charge >= 0.3 is 5.97 Å². The summed E-state index contributed by atoms with van der Waals surface area (Å²) in [5, 5.41) is 10.0. The van der Waals surface area contributed by atoms with Crippen molar-refractivity contribution in [3.05, 3.63) is 29.3 Å². The zero-order valence-electron chi connectivity index (χ0n) is 14.0. The average molecular weight is 358 g/mol. The first-order valence-electron chi connectivity index (χ1n) is 7.96. The molecule has 1 aromatic rings. The van der Waals surface area contributed by atoms with Crippen LogP contribution in [-0.2, 0) is 14.3 Å². The maximum Gasteiger partial charge on any atom is 0.307 e. The van der Waals surface area contributed by atoms with E-state index in [0.717, 1.165) is 0 Å². The van der Waals surface area contributed by atoms with Crippen LogP contribution >= 0.6 is 11.6 Å². The summed E-state index contributed by atoms with van der Waals surface area (Å²) in [5.41, 5.74) is 0. The summed E-state index contributed by atoms with van der Waals surface area (Å²) in [7, 11) is 0. The zero-order valence-corrected chi connectivity index (χ0v) is 14.8. The molecule has 0 saturated carbocycles. The standard InChI is InChI=1S/C17H24ClNO5/c1-3-14(11-20)19(10-9-17(22)23-4-2)16(21)12-24-15-7-5-13(18)6-8-15/h5-8,14,20H,3-4,9-12H2,1-2H3. The molecule has 0 aliphatic rings. The number of esters is 1. The third kappa shape index (κ3) is 6.76. The maximum absolute atomic E-state index is 12.4.